The van der Waals surface area contributed by atoms with Crippen molar-refractivity contribution in [3.63, 3.8) is 0 Å². The van der Waals surface area contributed by atoms with Crippen LogP contribution in [0.15, 0.2) is 11.1 Å². The van der Waals surface area contributed by atoms with E-state index in [1.807, 2.05) is 6.07 Å². The Labute approximate surface area is 90.7 Å². The molecule has 82 valence electrons. The predicted molar refractivity (Wildman–Crippen MR) is 56.9 cm³/mol. The van der Waals surface area contributed by atoms with E-state index < -0.39 is 5.97 Å². The Morgan fingerprint density at radius 3 is 2.87 bits per heavy atom. The fourth-order valence-corrected chi connectivity index (χ4v) is 2.01. The second-order valence-corrected chi connectivity index (χ2v) is 3.88. The molecule has 1 saturated carbocycles. The molecule has 3 nitrogen and oxygen atoms in total. The minimum atomic E-state index is -0.455. The summed E-state index contributed by atoms with van der Waals surface area (Å²) in [4.78, 5) is 11.5. The summed E-state index contributed by atoms with van der Waals surface area (Å²) in [6.45, 7) is 4.15. The van der Waals surface area contributed by atoms with Crippen LogP contribution >= 0.6 is 0 Å². The summed E-state index contributed by atoms with van der Waals surface area (Å²) >= 11 is 0. The first-order chi connectivity index (χ1) is 7.20. The van der Waals surface area contributed by atoms with E-state index in [1.165, 1.54) is 6.42 Å². The van der Waals surface area contributed by atoms with Gasteiger partial charge < -0.3 is 4.74 Å². The van der Waals surface area contributed by atoms with Crippen molar-refractivity contribution < 1.29 is 9.53 Å². The number of carbonyl (C=O) groups is 1. The Balaban J connectivity index is 2.91. The van der Waals surface area contributed by atoms with Gasteiger partial charge in [0.2, 0.25) is 0 Å². The van der Waals surface area contributed by atoms with Crippen molar-refractivity contribution in [1.29, 1.82) is 5.26 Å². The van der Waals surface area contributed by atoms with Gasteiger partial charge in [0.05, 0.1) is 6.61 Å². The number of nitriles is 1. The van der Waals surface area contributed by atoms with Crippen LogP contribution in [0.3, 0.4) is 0 Å². The van der Waals surface area contributed by atoms with E-state index in [2.05, 4.69) is 6.92 Å². The van der Waals surface area contributed by atoms with Gasteiger partial charge in [0.1, 0.15) is 11.6 Å². The molecule has 0 N–H and O–H groups in total. The molecule has 0 aromatic rings. The van der Waals surface area contributed by atoms with E-state index in [0.717, 1.165) is 24.8 Å². The molecule has 0 saturated heterocycles. The van der Waals surface area contributed by atoms with E-state index in [9.17, 15) is 4.79 Å². The number of allylic oxidation sites excluding steroid dienone is 1. The molecule has 0 aromatic carbocycles. The molecule has 0 heterocycles. The first kappa shape index (κ1) is 11.8. The highest BCUT2D eigenvalue weighted by Crippen LogP contribution is 2.31. The Hall–Kier alpha value is -1.30. The highest BCUT2D eigenvalue weighted by Gasteiger charge is 2.23. The number of rotatable bonds is 2. The largest absolute Gasteiger partial charge is 0.462 e. The van der Waals surface area contributed by atoms with Crippen LogP contribution in [0, 0.1) is 17.2 Å². The molecule has 1 fully saturated rings. The van der Waals surface area contributed by atoms with Crippen LogP contribution in [0.4, 0.5) is 0 Å². The number of carbonyl (C=O) groups excluding carboxylic acids is 1. The van der Waals surface area contributed by atoms with Gasteiger partial charge in [-0.1, -0.05) is 13.3 Å². The van der Waals surface area contributed by atoms with Crippen molar-refractivity contribution in [3.05, 3.63) is 11.1 Å². The number of hydrogen-bond acceptors (Lipinski definition) is 3. The molecule has 0 amide bonds. The fourth-order valence-electron chi connectivity index (χ4n) is 2.01. The maximum Gasteiger partial charge on any atom is 0.348 e. The Morgan fingerprint density at radius 1 is 1.60 bits per heavy atom. The Kier molecular flexibility index (Phi) is 4.36. The van der Waals surface area contributed by atoms with E-state index >= 15 is 0 Å². The number of ether oxygens (including phenoxy) is 1. The van der Waals surface area contributed by atoms with Gasteiger partial charge in [-0.15, -0.1) is 0 Å². The summed E-state index contributed by atoms with van der Waals surface area (Å²) in [7, 11) is 0. The molecule has 0 spiro atoms. The lowest BCUT2D eigenvalue weighted by Crippen LogP contribution is -2.15. The molecule has 0 aromatic heterocycles. The molecule has 1 aliphatic carbocycles. The summed E-state index contributed by atoms with van der Waals surface area (Å²) in [6.07, 6.45) is 4.19. The SMILES string of the molecule is CCOC(=O)C(C#N)=C1CCCCC1C. The van der Waals surface area contributed by atoms with Crippen molar-refractivity contribution in [2.24, 2.45) is 5.92 Å². The molecule has 1 unspecified atom stereocenters. The molecule has 0 bridgehead atoms. The third kappa shape index (κ3) is 2.82. The van der Waals surface area contributed by atoms with Crippen LogP contribution in [0.25, 0.3) is 0 Å². The first-order valence-corrected chi connectivity index (χ1v) is 5.51. The van der Waals surface area contributed by atoms with E-state index in [4.69, 9.17) is 10.00 Å². The van der Waals surface area contributed by atoms with E-state index in [1.54, 1.807) is 6.92 Å². The molecule has 3 heteroatoms. The van der Waals surface area contributed by atoms with Gasteiger partial charge in [0.15, 0.2) is 0 Å². The quantitative estimate of drug-likeness (QED) is 0.397. The summed E-state index contributed by atoms with van der Waals surface area (Å²) in [5.74, 6) is -0.110. The van der Waals surface area contributed by atoms with Crippen LogP contribution in [0.1, 0.15) is 39.5 Å². The zero-order valence-electron chi connectivity index (χ0n) is 9.38. The predicted octanol–water partition coefficient (Wildman–Crippen LogP) is 2.58. The number of esters is 1. The lowest BCUT2D eigenvalue weighted by atomic mass is 9.83. The van der Waals surface area contributed by atoms with E-state index in [-0.39, 0.29) is 5.57 Å². The molecule has 15 heavy (non-hydrogen) atoms. The highest BCUT2D eigenvalue weighted by atomic mass is 16.5. The van der Waals surface area contributed by atoms with Gasteiger partial charge in [-0.05, 0) is 37.7 Å². The van der Waals surface area contributed by atoms with Crippen molar-refractivity contribution in [1.82, 2.24) is 0 Å². The van der Waals surface area contributed by atoms with Crippen LogP contribution in [-0.2, 0) is 9.53 Å². The lowest BCUT2D eigenvalue weighted by Gasteiger charge is -2.22. The molecule has 1 aliphatic rings. The average Bonchev–Trinajstić information content (AvgIpc) is 2.22. The standard InChI is InChI=1S/C12H17NO2/c1-3-15-12(14)11(8-13)10-7-5-4-6-9(10)2/h9H,3-7H2,1-2H3. The van der Waals surface area contributed by atoms with Crippen LogP contribution in [0.5, 0.6) is 0 Å². The van der Waals surface area contributed by atoms with Gasteiger partial charge in [-0.3, -0.25) is 0 Å². The van der Waals surface area contributed by atoms with Gasteiger partial charge in [0.25, 0.3) is 0 Å². The minimum Gasteiger partial charge on any atom is -0.462 e. The molecule has 0 aliphatic heterocycles. The third-order valence-corrected chi connectivity index (χ3v) is 2.84. The normalized spacial score (nSPS) is 24.2. The minimum absolute atomic E-state index is 0.240. The van der Waals surface area contributed by atoms with E-state index in [0.29, 0.717) is 12.5 Å². The molecule has 0 radical (unpaired) electrons. The zero-order valence-corrected chi connectivity index (χ0v) is 9.38. The monoisotopic (exact) mass is 207 g/mol. The summed E-state index contributed by atoms with van der Waals surface area (Å²) in [5.41, 5.74) is 1.23. The highest BCUT2D eigenvalue weighted by molar-refractivity contribution is 5.93. The fraction of sp³-hybridized carbons (Fsp3) is 0.667. The molecular weight excluding hydrogens is 190 g/mol. The van der Waals surface area contributed by atoms with Crippen molar-refractivity contribution >= 4 is 5.97 Å². The van der Waals surface area contributed by atoms with Crippen LogP contribution in [0.2, 0.25) is 0 Å². The topological polar surface area (TPSA) is 50.1 Å². The smallest absolute Gasteiger partial charge is 0.348 e. The van der Waals surface area contributed by atoms with Gasteiger partial charge in [-0.2, -0.15) is 5.26 Å². The zero-order chi connectivity index (χ0) is 11.3. The second kappa shape index (κ2) is 5.55. The second-order valence-electron chi connectivity index (χ2n) is 3.88. The van der Waals surface area contributed by atoms with Crippen molar-refractivity contribution in [3.8, 4) is 6.07 Å². The van der Waals surface area contributed by atoms with Crippen LogP contribution in [-0.4, -0.2) is 12.6 Å². The van der Waals surface area contributed by atoms with Crippen LogP contribution < -0.4 is 0 Å². The summed E-state index contributed by atoms with van der Waals surface area (Å²) in [6, 6.07) is 1.99. The third-order valence-electron chi connectivity index (χ3n) is 2.84. The number of hydrogen-bond donors (Lipinski definition) is 0. The maximum absolute atomic E-state index is 11.5. The number of nitrogens with zero attached hydrogens (tertiary/aromatic N) is 1. The van der Waals surface area contributed by atoms with Gasteiger partial charge in [-0.25, -0.2) is 4.79 Å². The Morgan fingerprint density at radius 2 is 2.33 bits per heavy atom. The molecule has 1 atom stereocenters. The summed E-state index contributed by atoms with van der Waals surface area (Å²) < 4.78 is 4.88. The average molecular weight is 207 g/mol. The summed E-state index contributed by atoms with van der Waals surface area (Å²) in [5, 5.41) is 8.98. The first-order valence-electron chi connectivity index (χ1n) is 5.51. The van der Waals surface area contributed by atoms with Gasteiger partial charge in [0, 0.05) is 0 Å². The van der Waals surface area contributed by atoms with Crippen molar-refractivity contribution in [2.45, 2.75) is 39.5 Å². The Bertz CT molecular complexity index is 312. The maximum atomic E-state index is 11.5. The van der Waals surface area contributed by atoms with Crippen molar-refractivity contribution in [2.75, 3.05) is 6.61 Å². The molecular formula is C12H17NO2. The molecule has 1 rings (SSSR count). The lowest BCUT2D eigenvalue weighted by molar-refractivity contribution is -0.138. The van der Waals surface area contributed by atoms with Gasteiger partial charge >= 0.3 is 5.97 Å².